The highest BCUT2D eigenvalue weighted by molar-refractivity contribution is 5.84. The summed E-state index contributed by atoms with van der Waals surface area (Å²) in [6, 6.07) is 7.58. The van der Waals surface area contributed by atoms with Gasteiger partial charge in [0.1, 0.15) is 18.3 Å². The Labute approximate surface area is 88.4 Å². The molecule has 0 bridgehead atoms. The van der Waals surface area contributed by atoms with Crippen molar-refractivity contribution in [1.82, 2.24) is 5.06 Å². The average Bonchev–Trinajstić information content (AvgIpc) is 2.70. The van der Waals surface area contributed by atoms with E-state index in [0.29, 0.717) is 6.61 Å². The van der Waals surface area contributed by atoms with Crippen LogP contribution in [0.5, 0.6) is 5.75 Å². The van der Waals surface area contributed by atoms with Crippen LogP contribution in [0.3, 0.4) is 0 Å². The molecule has 1 amide bonds. The summed E-state index contributed by atoms with van der Waals surface area (Å²) in [7, 11) is 3.07. The third-order valence-corrected chi connectivity index (χ3v) is 2.58. The van der Waals surface area contributed by atoms with Gasteiger partial charge in [-0.25, -0.2) is 5.06 Å². The molecule has 1 heterocycles. The predicted octanol–water partition coefficient (Wildman–Crippen LogP) is 1.18. The number of hydrogen-bond donors (Lipinski definition) is 0. The summed E-state index contributed by atoms with van der Waals surface area (Å²) >= 11 is 0. The SMILES string of the molecule is CON(C)C(=O)C1COc2ccccc21. The van der Waals surface area contributed by atoms with Gasteiger partial charge in [0.15, 0.2) is 0 Å². The Morgan fingerprint density at radius 3 is 3.00 bits per heavy atom. The molecule has 0 radical (unpaired) electrons. The number of likely N-dealkylation sites (N-methyl/N-ethyl adjacent to an activating group) is 1. The van der Waals surface area contributed by atoms with Crippen molar-refractivity contribution in [2.24, 2.45) is 0 Å². The van der Waals surface area contributed by atoms with Gasteiger partial charge in [-0.05, 0) is 6.07 Å². The summed E-state index contributed by atoms with van der Waals surface area (Å²) in [5, 5.41) is 1.23. The van der Waals surface area contributed by atoms with Gasteiger partial charge in [-0.1, -0.05) is 18.2 Å². The molecule has 15 heavy (non-hydrogen) atoms. The standard InChI is InChI=1S/C11H13NO3/c1-12(14-2)11(13)9-7-15-10-6-4-3-5-8(9)10/h3-6,9H,7H2,1-2H3. The molecule has 1 aliphatic rings. The van der Waals surface area contributed by atoms with Gasteiger partial charge in [0.2, 0.25) is 0 Å². The molecule has 4 heteroatoms. The molecule has 0 aromatic heterocycles. The zero-order valence-corrected chi connectivity index (χ0v) is 8.77. The molecule has 0 aliphatic carbocycles. The first-order valence-corrected chi connectivity index (χ1v) is 4.77. The normalized spacial score (nSPS) is 18.1. The van der Waals surface area contributed by atoms with Crippen LogP contribution in [0, 0.1) is 0 Å². The van der Waals surface area contributed by atoms with Gasteiger partial charge in [0, 0.05) is 12.6 Å². The van der Waals surface area contributed by atoms with Crippen LogP contribution in [0.15, 0.2) is 24.3 Å². The van der Waals surface area contributed by atoms with Crippen LogP contribution in [-0.2, 0) is 9.63 Å². The average molecular weight is 207 g/mol. The molecule has 0 spiro atoms. The van der Waals surface area contributed by atoms with E-state index in [0.717, 1.165) is 11.3 Å². The predicted molar refractivity (Wildman–Crippen MR) is 54.5 cm³/mol. The Morgan fingerprint density at radius 1 is 1.53 bits per heavy atom. The Balaban J connectivity index is 2.24. The van der Waals surface area contributed by atoms with Gasteiger partial charge in [0.25, 0.3) is 5.91 Å². The lowest BCUT2D eigenvalue weighted by Crippen LogP contribution is -2.31. The minimum atomic E-state index is -0.244. The van der Waals surface area contributed by atoms with Crippen molar-refractivity contribution in [3.8, 4) is 5.75 Å². The highest BCUT2D eigenvalue weighted by Crippen LogP contribution is 2.34. The number of para-hydroxylation sites is 1. The first-order chi connectivity index (χ1) is 7.24. The smallest absolute Gasteiger partial charge is 0.256 e. The number of hydroxylamine groups is 2. The molecule has 0 saturated heterocycles. The molecule has 0 fully saturated rings. The van der Waals surface area contributed by atoms with Gasteiger partial charge in [-0.3, -0.25) is 9.63 Å². The molecule has 0 N–H and O–H groups in total. The van der Waals surface area contributed by atoms with Crippen molar-refractivity contribution in [2.75, 3.05) is 20.8 Å². The summed E-state index contributed by atoms with van der Waals surface area (Å²) in [4.78, 5) is 16.7. The highest BCUT2D eigenvalue weighted by atomic mass is 16.7. The van der Waals surface area contributed by atoms with Crippen LogP contribution in [0.2, 0.25) is 0 Å². The van der Waals surface area contributed by atoms with Crippen LogP contribution >= 0.6 is 0 Å². The van der Waals surface area contributed by atoms with Crippen LogP contribution in [0.1, 0.15) is 11.5 Å². The van der Waals surface area contributed by atoms with Gasteiger partial charge in [-0.2, -0.15) is 0 Å². The van der Waals surface area contributed by atoms with E-state index in [2.05, 4.69) is 0 Å². The van der Waals surface area contributed by atoms with Gasteiger partial charge < -0.3 is 4.74 Å². The van der Waals surface area contributed by atoms with E-state index in [9.17, 15) is 4.79 Å². The summed E-state index contributed by atoms with van der Waals surface area (Å²) < 4.78 is 5.42. The first-order valence-electron chi connectivity index (χ1n) is 4.77. The van der Waals surface area contributed by atoms with Crippen molar-refractivity contribution in [3.63, 3.8) is 0 Å². The highest BCUT2D eigenvalue weighted by Gasteiger charge is 2.32. The maximum atomic E-state index is 11.9. The summed E-state index contributed by atoms with van der Waals surface area (Å²) in [5.41, 5.74) is 0.936. The van der Waals surface area contributed by atoms with Crippen LogP contribution in [-0.4, -0.2) is 31.7 Å². The third-order valence-electron chi connectivity index (χ3n) is 2.58. The Morgan fingerprint density at radius 2 is 2.27 bits per heavy atom. The van der Waals surface area contributed by atoms with E-state index in [1.807, 2.05) is 24.3 Å². The molecule has 4 nitrogen and oxygen atoms in total. The largest absolute Gasteiger partial charge is 0.492 e. The molecule has 2 rings (SSSR count). The van der Waals surface area contributed by atoms with E-state index in [1.165, 1.54) is 12.2 Å². The molecule has 1 aromatic rings. The lowest BCUT2D eigenvalue weighted by Gasteiger charge is -2.17. The molecule has 1 aromatic carbocycles. The maximum absolute atomic E-state index is 11.9. The fourth-order valence-electron chi connectivity index (χ4n) is 1.68. The molecule has 80 valence electrons. The van der Waals surface area contributed by atoms with Crippen molar-refractivity contribution in [3.05, 3.63) is 29.8 Å². The Bertz CT molecular complexity index is 378. The van der Waals surface area contributed by atoms with E-state index in [-0.39, 0.29) is 11.8 Å². The molecule has 0 saturated carbocycles. The number of nitrogens with zero attached hydrogens (tertiary/aromatic N) is 1. The second kappa shape index (κ2) is 3.90. The fraction of sp³-hybridized carbons (Fsp3) is 0.364. The molecule has 1 aliphatic heterocycles. The van der Waals surface area contributed by atoms with Crippen molar-refractivity contribution in [1.29, 1.82) is 0 Å². The molecule has 1 atom stereocenters. The quantitative estimate of drug-likeness (QED) is 0.683. The topological polar surface area (TPSA) is 38.8 Å². The van der Waals surface area contributed by atoms with Crippen molar-refractivity contribution in [2.45, 2.75) is 5.92 Å². The number of fused-ring (bicyclic) bond motifs is 1. The summed E-state index contributed by atoms with van der Waals surface area (Å²) in [5.74, 6) is 0.467. The number of rotatable bonds is 2. The minimum absolute atomic E-state index is 0.0811. The second-order valence-corrected chi connectivity index (χ2v) is 3.42. The number of ether oxygens (including phenoxy) is 1. The lowest BCUT2D eigenvalue weighted by atomic mass is 10.0. The van der Waals surface area contributed by atoms with Gasteiger partial charge >= 0.3 is 0 Å². The Hall–Kier alpha value is -1.55. The van der Waals surface area contributed by atoms with Gasteiger partial charge in [0.05, 0.1) is 7.11 Å². The van der Waals surface area contributed by atoms with Crippen molar-refractivity contribution >= 4 is 5.91 Å². The molecular weight excluding hydrogens is 194 g/mol. The number of amides is 1. The van der Waals surface area contributed by atoms with Gasteiger partial charge in [-0.15, -0.1) is 0 Å². The van der Waals surface area contributed by atoms with Crippen LogP contribution < -0.4 is 4.74 Å². The third kappa shape index (κ3) is 1.68. The molecular formula is C11H13NO3. The summed E-state index contributed by atoms with van der Waals surface area (Å²) in [6.45, 7) is 0.395. The number of benzene rings is 1. The first kappa shape index (κ1) is 9.98. The minimum Gasteiger partial charge on any atom is -0.492 e. The molecule has 1 unspecified atom stereocenters. The monoisotopic (exact) mass is 207 g/mol. The van der Waals surface area contributed by atoms with Crippen LogP contribution in [0.25, 0.3) is 0 Å². The van der Waals surface area contributed by atoms with Crippen molar-refractivity contribution < 1.29 is 14.4 Å². The zero-order chi connectivity index (χ0) is 10.8. The lowest BCUT2D eigenvalue weighted by molar-refractivity contribution is -0.170. The fourth-order valence-corrected chi connectivity index (χ4v) is 1.68. The van der Waals surface area contributed by atoms with E-state index in [4.69, 9.17) is 9.57 Å². The van der Waals surface area contributed by atoms with E-state index >= 15 is 0 Å². The Kier molecular flexibility index (Phi) is 2.60. The number of carbonyl (C=O) groups excluding carboxylic acids is 1. The van der Waals surface area contributed by atoms with Crippen LogP contribution in [0.4, 0.5) is 0 Å². The summed E-state index contributed by atoms with van der Waals surface area (Å²) in [6.07, 6.45) is 0. The van der Waals surface area contributed by atoms with E-state index < -0.39 is 0 Å². The number of hydrogen-bond acceptors (Lipinski definition) is 3. The maximum Gasteiger partial charge on any atom is 0.256 e. The second-order valence-electron chi connectivity index (χ2n) is 3.42. The number of carbonyl (C=O) groups is 1. The zero-order valence-electron chi connectivity index (χ0n) is 8.77. The van der Waals surface area contributed by atoms with E-state index in [1.54, 1.807) is 7.05 Å².